The zero-order valence-corrected chi connectivity index (χ0v) is 11.2. The molecule has 104 valence electrons. The van der Waals surface area contributed by atoms with Crippen LogP contribution >= 0.6 is 0 Å². The van der Waals surface area contributed by atoms with E-state index in [1.807, 2.05) is 0 Å². The smallest absolute Gasteiger partial charge is 0.167 e. The molecule has 0 radical (unpaired) electrons. The molecule has 1 atom stereocenters. The van der Waals surface area contributed by atoms with Crippen LogP contribution in [0.1, 0.15) is 6.92 Å². The van der Waals surface area contributed by atoms with Crippen molar-refractivity contribution in [3.63, 3.8) is 0 Å². The van der Waals surface area contributed by atoms with Crippen LogP contribution in [0.4, 0.5) is 11.4 Å². The first-order valence-electron chi connectivity index (χ1n) is 6.25. The summed E-state index contributed by atoms with van der Waals surface area (Å²) in [4.78, 5) is 12.4. The maximum atomic E-state index is 8.88. The lowest BCUT2D eigenvalue weighted by molar-refractivity contribution is 0.861. The molecule has 0 spiro atoms. The third-order valence-electron chi connectivity index (χ3n) is 2.93. The average Bonchev–Trinajstić information content (AvgIpc) is 2.93. The quantitative estimate of drug-likeness (QED) is 0.737. The lowest BCUT2D eigenvalue weighted by Gasteiger charge is -2.12. The molecule has 3 rings (SSSR count). The van der Waals surface area contributed by atoms with Gasteiger partial charge in [-0.25, -0.2) is 15.0 Å². The maximum absolute atomic E-state index is 8.88. The molecule has 8 nitrogen and oxygen atoms in total. The summed E-state index contributed by atoms with van der Waals surface area (Å²) in [5.74, 6) is 0.561. The molecule has 8 heteroatoms. The minimum Gasteiger partial charge on any atom is -0.396 e. The van der Waals surface area contributed by atoms with Crippen LogP contribution in [0, 0.1) is 11.3 Å². The molecule has 0 fully saturated rings. The van der Waals surface area contributed by atoms with Crippen molar-refractivity contribution in [2.75, 3.05) is 11.1 Å². The molecule has 3 aromatic heterocycles. The summed E-state index contributed by atoms with van der Waals surface area (Å²) in [6.45, 7) is 1.75. The number of nitrogens with zero attached hydrogens (tertiary/aromatic N) is 6. The molecule has 0 amide bonds. The van der Waals surface area contributed by atoms with E-state index in [4.69, 9.17) is 11.0 Å². The third kappa shape index (κ3) is 2.32. The van der Waals surface area contributed by atoms with Crippen molar-refractivity contribution >= 4 is 22.4 Å². The molecule has 0 saturated carbocycles. The maximum Gasteiger partial charge on any atom is 0.167 e. The lowest BCUT2D eigenvalue weighted by Crippen LogP contribution is -2.14. The Kier molecular flexibility index (Phi) is 3.08. The van der Waals surface area contributed by atoms with Gasteiger partial charge in [0.25, 0.3) is 0 Å². The van der Waals surface area contributed by atoms with Crippen molar-refractivity contribution in [3.05, 3.63) is 31.0 Å². The predicted molar refractivity (Wildman–Crippen MR) is 77.6 cm³/mol. The number of aromatic nitrogens is 5. The van der Waals surface area contributed by atoms with Gasteiger partial charge in [0, 0.05) is 12.3 Å². The van der Waals surface area contributed by atoms with Gasteiger partial charge >= 0.3 is 0 Å². The summed E-state index contributed by atoms with van der Waals surface area (Å²) in [6, 6.07) is 3.47. The molecule has 0 aliphatic carbocycles. The molecule has 3 aromatic rings. The number of hydrogen-bond donors (Lipinski definition) is 2. The second-order valence-electron chi connectivity index (χ2n) is 4.48. The van der Waals surface area contributed by atoms with Gasteiger partial charge in [-0.2, -0.15) is 15.0 Å². The highest BCUT2D eigenvalue weighted by molar-refractivity contribution is 5.75. The standard InChI is InChI=1S/C13H12N8/c1-8(3-14)20-11-2-12(17-6-10(11)15)21-13-9(5-19-21)4-16-7-18-13/h2,4-8H,15H2,1H3,(H,17,20). The van der Waals surface area contributed by atoms with Crippen molar-refractivity contribution in [3.8, 4) is 11.9 Å². The van der Waals surface area contributed by atoms with Crippen LogP contribution in [-0.4, -0.2) is 30.8 Å². The number of nitriles is 1. The minimum atomic E-state index is -0.362. The number of anilines is 2. The first-order valence-corrected chi connectivity index (χ1v) is 6.25. The Labute approximate surface area is 120 Å². The fourth-order valence-corrected chi connectivity index (χ4v) is 1.91. The summed E-state index contributed by atoms with van der Waals surface area (Å²) in [6.07, 6.45) is 6.32. The molecular formula is C13H12N8. The Hall–Kier alpha value is -3.21. The Bertz CT molecular complexity index is 832. The first-order chi connectivity index (χ1) is 10.2. The van der Waals surface area contributed by atoms with Crippen molar-refractivity contribution < 1.29 is 0 Å². The van der Waals surface area contributed by atoms with Gasteiger partial charge < -0.3 is 11.1 Å². The van der Waals surface area contributed by atoms with Gasteiger partial charge in [0.1, 0.15) is 12.4 Å². The van der Waals surface area contributed by atoms with Gasteiger partial charge in [0.2, 0.25) is 0 Å². The SMILES string of the molecule is CC(C#N)Nc1cc(-n2ncc3cncnc32)ncc1N. The van der Waals surface area contributed by atoms with Gasteiger partial charge in [-0.1, -0.05) is 0 Å². The van der Waals surface area contributed by atoms with E-state index in [9.17, 15) is 0 Å². The fraction of sp³-hybridized carbons (Fsp3) is 0.154. The Morgan fingerprint density at radius 2 is 2.19 bits per heavy atom. The highest BCUT2D eigenvalue weighted by atomic mass is 15.3. The average molecular weight is 280 g/mol. The molecule has 0 aliphatic rings. The van der Waals surface area contributed by atoms with Crippen molar-refractivity contribution in [1.29, 1.82) is 5.26 Å². The molecule has 3 heterocycles. The highest BCUT2D eigenvalue weighted by Crippen LogP contribution is 2.22. The van der Waals surface area contributed by atoms with Gasteiger partial charge in [0.15, 0.2) is 11.5 Å². The second-order valence-corrected chi connectivity index (χ2v) is 4.48. The molecule has 3 N–H and O–H groups in total. The highest BCUT2D eigenvalue weighted by Gasteiger charge is 2.10. The van der Waals surface area contributed by atoms with E-state index >= 15 is 0 Å². The molecular weight excluding hydrogens is 268 g/mol. The van der Waals surface area contributed by atoms with E-state index in [-0.39, 0.29) is 6.04 Å². The predicted octanol–water partition coefficient (Wildman–Crippen LogP) is 1.12. The fourth-order valence-electron chi connectivity index (χ4n) is 1.91. The van der Waals surface area contributed by atoms with Crippen LogP contribution in [0.15, 0.2) is 31.0 Å². The third-order valence-corrected chi connectivity index (χ3v) is 2.93. The monoisotopic (exact) mass is 280 g/mol. The Balaban J connectivity index is 2.07. The number of fused-ring (bicyclic) bond motifs is 1. The van der Waals surface area contributed by atoms with Gasteiger partial charge in [0.05, 0.1) is 35.2 Å². The molecule has 1 unspecified atom stereocenters. The van der Waals surface area contributed by atoms with Crippen LogP contribution in [0.25, 0.3) is 16.9 Å². The molecule has 0 saturated heterocycles. The van der Waals surface area contributed by atoms with Crippen molar-refractivity contribution in [2.45, 2.75) is 13.0 Å². The number of nitrogens with one attached hydrogen (secondary N) is 1. The normalized spacial score (nSPS) is 12.0. The zero-order valence-electron chi connectivity index (χ0n) is 11.2. The van der Waals surface area contributed by atoms with Gasteiger partial charge in [-0.3, -0.25) is 0 Å². The van der Waals surface area contributed by atoms with Gasteiger partial charge in [-0.05, 0) is 6.92 Å². The summed E-state index contributed by atoms with van der Waals surface area (Å²) in [7, 11) is 0. The number of rotatable bonds is 3. The summed E-state index contributed by atoms with van der Waals surface area (Å²) in [5, 5.41) is 17.0. The molecule has 0 bridgehead atoms. The topological polar surface area (TPSA) is 118 Å². The summed E-state index contributed by atoms with van der Waals surface area (Å²) in [5.41, 5.74) is 7.62. The summed E-state index contributed by atoms with van der Waals surface area (Å²) < 4.78 is 1.60. The van der Waals surface area contributed by atoms with Crippen LogP contribution in [0.3, 0.4) is 0 Å². The molecule has 0 aliphatic heterocycles. The Morgan fingerprint density at radius 3 is 3.00 bits per heavy atom. The van der Waals surface area contributed by atoms with Crippen molar-refractivity contribution in [1.82, 2.24) is 24.7 Å². The minimum absolute atomic E-state index is 0.362. The zero-order chi connectivity index (χ0) is 14.8. The van der Waals surface area contributed by atoms with Crippen molar-refractivity contribution in [2.24, 2.45) is 0 Å². The first kappa shape index (κ1) is 12.8. The van der Waals surface area contributed by atoms with E-state index in [1.165, 1.54) is 12.5 Å². The number of pyridine rings is 1. The lowest BCUT2D eigenvalue weighted by atomic mass is 10.3. The molecule has 0 aromatic carbocycles. The van der Waals surface area contributed by atoms with Crippen LogP contribution in [-0.2, 0) is 0 Å². The second kappa shape index (κ2) is 5.05. The van der Waals surface area contributed by atoms with E-state index < -0.39 is 0 Å². The molecule has 21 heavy (non-hydrogen) atoms. The van der Waals surface area contributed by atoms with E-state index in [0.29, 0.717) is 22.8 Å². The Morgan fingerprint density at radius 1 is 1.33 bits per heavy atom. The summed E-state index contributed by atoms with van der Waals surface area (Å²) >= 11 is 0. The van der Waals surface area contributed by atoms with Crippen LogP contribution < -0.4 is 11.1 Å². The number of nitrogens with two attached hydrogens (primary N) is 1. The van der Waals surface area contributed by atoms with E-state index in [1.54, 1.807) is 30.1 Å². The van der Waals surface area contributed by atoms with Crippen LogP contribution in [0.5, 0.6) is 0 Å². The van der Waals surface area contributed by atoms with Crippen LogP contribution in [0.2, 0.25) is 0 Å². The van der Waals surface area contributed by atoms with E-state index in [0.717, 1.165) is 5.39 Å². The largest absolute Gasteiger partial charge is 0.396 e. The van der Waals surface area contributed by atoms with Gasteiger partial charge in [-0.15, -0.1) is 0 Å². The number of hydrogen-bond acceptors (Lipinski definition) is 7. The number of nitrogen functional groups attached to an aromatic ring is 1. The van der Waals surface area contributed by atoms with E-state index in [2.05, 4.69) is 31.4 Å².